The van der Waals surface area contributed by atoms with Gasteiger partial charge in [-0.15, -0.1) is 0 Å². The van der Waals surface area contributed by atoms with Crippen LogP contribution in [-0.2, 0) is 15.1 Å². The smallest absolute Gasteiger partial charge is 0.410 e. The fourth-order valence-electron chi connectivity index (χ4n) is 2.33. The van der Waals surface area contributed by atoms with Crippen molar-refractivity contribution in [1.29, 1.82) is 0 Å². The van der Waals surface area contributed by atoms with Crippen molar-refractivity contribution < 1.29 is 14.3 Å². The summed E-state index contributed by atoms with van der Waals surface area (Å²) in [6.07, 6.45) is -0.300. The van der Waals surface area contributed by atoms with Crippen LogP contribution in [0.4, 0.5) is 4.79 Å². The van der Waals surface area contributed by atoms with Crippen molar-refractivity contribution >= 4 is 17.7 Å². The number of amides is 1. The van der Waals surface area contributed by atoms with E-state index in [4.69, 9.17) is 21.1 Å². The molecule has 0 unspecified atom stereocenters. The first-order chi connectivity index (χ1) is 9.70. The van der Waals surface area contributed by atoms with E-state index in [9.17, 15) is 4.79 Å². The van der Waals surface area contributed by atoms with Crippen LogP contribution >= 0.6 is 11.6 Å². The normalized spacial score (nSPS) is 23.0. The molecule has 21 heavy (non-hydrogen) atoms. The van der Waals surface area contributed by atoms with Gasteiger partial charge >= 0.3 is 6.09 Å². The van der Waals surface area contributed by atoms with E-state index in [0.717, 1.165) is 5.56 Å². The molecule has 1 aliphatic rings. The Morgan fingerprint density at radius 1 is 1.33 bits per heavy atom. The van der Waals surface area contributed by atoms with Crippen molar-refractivity contribution in [2.75, 3.05) is 19.7 Å². The molecule has 0 saturated carbocycles. The molecule has 1 heterocycles. The molecule has 5 heteroatoms. The molecule has 0 aliphatic carbocycles. The number of carbonyl (C=O) groups excluding carboxylic acids is 1. The molecule has 1 saturated heterocycles. The number of ether oxygens (including phenoxy) is 2. The average Bonchev–Trinajstić information content (AvgIpc) is 2.37. The molecule has 0 spiro atoms. The van der Waals surface area contributed by atoms with Gasteiger partial charge in [0, 0.05) is 11.6 Å². The minimum absolute atomic E-state index is 0.300. The van der Waals surface area contributed by atoms with Crippen molar-refractivity contribution in [1.82, 2.24) is 4.90 Å². The van der Waals surface area contributed by atoms with Crippen LogP contribution in [-0.4, -0.2) is 36.3 Å². The van der Waals surface area contributed by atoms with Gasteiger partial charge in [-0.2, -0.15) is 0 Å². The molecule has 1 aromatic carbocycles. The van der Waals surface area contributed by atoms with E-state index in [0.29, 0.717) is 24.7 Å². The van der Waals surface area contributed by atoms with E-state index in [2.05, 4.69) is 0 Å². The van der Waals surface area contributed by atoms with Gasteiger partial charge in [-0.1, -0.05) is 23.7 Å². The molecule has 2 rings (SSSR count). The number of nitrogens with zero attached hydrogens (tertiary/aromatic N) is 1. The third-order valence-corrected chi connectivity index (χ3v) is 3.63. The summed E-state index contributed by atoms with van der Waals surface area (Å²) >= 11 is 5.92. The summed E-state index contributed by atoms with van der Waals surface area (Å²) in [6.45, 7) is 9.06. The van der Waals surface area contributed by atoms with E-state index in [1.807, 2.05) is 52.0 Å². The number of halogens is 1. The molecule has 1 atom stereocenters. The third-order valence-electron chi connectivity index (χ3n) is 3.38. The average molecular weight is 312 g/mol. The summed E-state index contributed by atoms with van der Waals surface area (Å²) in [5.74, 6) is 0. The Bertz CT molecular complexity index is 509. The van der Waals surface area contributed by atoms with Crippen molar-refractivity contribution in [3.05, 3.63) is 34.9 Å². The van der Waals surface area contributed by atoms with Crippen LogP contribution in [0.5, 0.6) is 0 Å². The standard InChI is InChI=1S/C16H22ClNO3/c1-15(2,3)21-14(19)18-9-10-20-16(4,11-18)12-5-7-13(17)8-6-12/h5-8H,9-11H2,1-4H3/t16-/m0/s1. The maximum absolute atomic E-state index is 12.2. The van der Waals surface area contributed by atoms with Crippen LogP contribution in [0.2, 0.25) is 5.02 Å². The Balaban J connectivity index is 2.12. The number of carbonyl (C=O) groups is 1. The zero-order valence-electron chi connectivity index (χ0n) is 13.0. The summed E-state index contributed by atoms with van der Waals surface area (Å²) in [4.78, 5) is 13.9. The highest BCUT2D eigenvalue weighted by atomic mass is 35.5. The van der Waals surface area contributed by atoms with Crippen molar-refractivity contribution in [2.24, 2.45) is 0 Å². The van der Waals surface area contributed by atoms with Crippen LogP contribution in [0.15, 0.2) is 24.3 Å². The fourth-order valence-corrected chi connectivity index (χ4v) is 2.46. The van der Waals surface area contributed by atoms with E-state index in [1.165, 1.54) is 0 Å². The highest BCUT2D eigenvalue weighted by Crippen LogP contribution is 2.30. The van der Waals surface area contributed by atoms with E-state index < -0.39 is 11.2 Å². The van der Waals surface area contributed by atoms with Crippen LogP contribution < -0.4 is 0 Å². The van der Waals surface area contributed by atoms with Crippen LogP contribution in [0.25, 0.3) is 0 Å². The lowest BCUT2D eigenvalue weighted by Gasteiger charge is -2.41. The van der Waals surface area contributed by atoms with Crippen LogP contribution in [0.3, 0.4) is 0 Å². The van der Waals surface area contributed by atoms with Gasteiger partial charge in [-0.3, -0.25) is 0 Å². The molecular formula is C16H22ClNO3. The Morgan fingerprint density at radius 2 is 1.95 bits per heavy atom. The van der Waals surface area contributed by atoms with Gasteiger partial charge in [0.2, 0.25) is 0 Å². The first kappa shape index (κ1) is 16.1. The van der Waals surface area contributed by atoms with Gasteiger partial charge in [0.25, 0.3) is 0 Å². The monoisotopic (exact) mass is 311 g/mol. The quantitative estimate of drug-likeness (QED) is 0.791. The number of rotatable bonds is 1. The highest BCUT2D eigenvalue weighted by Gasteiger charge is 2.37. The second-order valence-corrected chi connectivity index (χ2v) is 6.92. The lowest BCUT2D eigenvalue weighted by Crippen LogP contribution is -2.51. The minimum Gasteiger partial charge on any atom is -0.444 e. The summed E-state index contributed by atoms with van der Waals surface area (Å²) < 4.78 is 11.3. The van der Waals surface area contributed by atoms with E-state index in [1.54, 1.807) is 4.90 Å². The topological polar surface area (TPSA) is 38.8 Å². The Hall–Kier alpha value is -1.26. The van der Waals surface area contributed by atoms with E-state index in [-0.39, 0.29) is 6.09 Å². The van der Waals surface area contributed by atoms with Gasteiger partial charge in [-0.05, 0) is 45.4 Å². The zero-order chi connectivity index (χ0) is 15.7. The molecule has 116 valence electrons. The number of hydrogen-bond donors (Lipinski definition) is 0. The predicted molar refractivity (Wildman–Crippen MR) is 82.6 cm³/mol. The summed E-state index contributed by atoms with van der Waals surface area (Å²) in [7, 11) is 0. The van der Waals surface area contributed by atoms with Crippen molar-refractivity contribution in [3.63, 3.8) is 0 Å². The summed E-state index contributed by atoms with van der Waals surface area (Å²) in [6, 6.07) is 7.53. The second-order valence-electron chi connectivity index (χ2n) is 6.49. The van der Waals surface area contributed by atoms with Gasteiger partial charge in [0.15, 0.2) is 0 Å². The van der Waals surface area contributed by atoms with Gasteiger partial charge in [0.1, 0.15) is 11.2 Å². The number of hydrogen-bond acceptors (Lipinski definition) is 3. The van der Waals surface area contributed by atoms with Gasteiger partial charge in [0.05, 0.1) is 13.2 Å². The largest absolute Gasteiger partial charge is 0.444 e. The SMILES string of the molecule is CC(C)(C)OC(=O)N1CCO[C@](C)(c2ccc(Cl)cc2)C1. The Labute approximate surface area is 131 Å². The van der Waals surface area contributed by atoms with Crippen LogP contribution in [0.1, 0.15) is 33.3 Å². The lowest BCUT2D eigenvalue weighted by atomic mass is 9.94. The molecule has 0 aromatic heterocycles. The number of morpholine rings is 1. The first-order valence-corrected chi connectivity index (χ1v) is 7.45. The second kappa shape index (κ2) is 5.85. The fraction of sp³-hybridized carbons (Fsp3) is 0.562. The van der Waals surface area contributed by atoms with Crippen LogP contribution in [0, 0.1) is 0 Å². The maximum Gasteiger partial charge on any atom is 0.410 e. The third kappa shape index (κ3) is 4.11. The molecule has 1 fully saturated rings. The van der Waals surface area contributed by atoms with E-state index >= 15 is 0 Å². The van der Waals surface area contributed by atoms with Gasteiger partial charge < -0.3 is 14.4 Å². The molecule has 1 aliphatic heterocycles. The molecular weight excluding hydrogens is 290 g/mol. The molecule has 0 radical (unpaired) electrons. The Morgan fingerprint density at radius 3 is 2.52 bits per heavy atom. The highest BCUT2D eigenvalue weighted by molar-refractivity contribution is 6.30. The predicted octanol–water partition coefficient (Wildman–Crippen LogP) is 3.82. The lowest BCUT2D eigenvalue weighted by molar-refractivity contribution is -0.103. The molecule has 0 N–H and O–H groups in total. The van der Waals surface area contributed by atoms with Gasteiger partial charge in [-0.25, -0.2) is 4.79 Å². The molecule has 4 nitrogen and oxygen atoms in total. The molecule has 0 bridgehead atoms. The molecule has 1 aromatic rings. The number of benzene rings is 1. The minimum atomic E-state index is -0.542. The van der Waals surface area contributed by atoms with Crippen molar-refractivity contribution in [2.45, 2.75) is 38.9 Å². The zero-order valence-corrected chi connectivity index (χ0v) is 13.7. The summed E-state index contributed by atoms with van der Waals surface area (Å²) in [5.41, 5.74) is -0.0358. The summed E-state index contributed by atoms with van der Waals surface area (Å²) in [5, 5.41) is 0.683. The Kier molecular flexibility index (Phi) is 4.49. The first-order valence-electron chi connectivity index (χ1n) is 7.08. The van der Waals surface area contributed by atoms with Crippen molar-refractivity contribution in [3.8, 4) is 0 Å². The molecule has 1 amide bonds. The maximum atomic E-state index is 12.2.